The van der Waals surface area contributed by atoms with E-state index < -0.39 is 230 Å². The van der Waals surface area contributed by atoms with Crippen molar-refractivity contribution >= 4 is 5.91 Å². The number of hydrogen-bond acceptors (Lipinski definition) is 31. The van der Waals surface area contributed by atoms with Gasteiger partial charge in [-0.25, -0.2) is 0 Å². The molecule has 20 N–H and O–H groups in total. The van der Waals surface area contributed by atoms with Gasteiger partial charge >= 0.3 is 0 Å². The summed E-state index contributed by atoms with van der Waals surface area (Å²) in [6.45, 7) is -4.86. The van der Waals surface area contributed by atoms with Crippen LogP contribution in [0.4, 0.5) is 0 Å². The third-order valence-electron chi connectivity index (χ3n) is 12.8. The standard InChI is InChI=1S/C38H65NO31/c1-8(46)39-15-21(52)28(14(7-45)60-33(15)59)66-35-27(58)30(20(51)13(6-44)62-35)68-37-32(24(55)18(49)10(3-41)64-37)70-38-31(23(54)17(48)11(4-42)65-38)69-36-26(57)29(19(50)12(5-43)63-36)67-34-25(56)22(53)16(47)9(2-40)61-34/h9-38,40-45,47-59H,2-7H2,1H3,(H,39,46)/t9-,10-,11-,12-,13-,14-,15-,16-,17-,18-,19-,20-,21-,22+,23+,24+,25-,26+,27+,28-,29+,30+,31+,32+,33?,34-,35+,36-,37-,38-/m1/s1. The Morgan fingerprint density at radius 2 is 0.657 bits per heavy atom. The van der Waals surface area contributed by atoms with Gasteiger partial charge < -0.3 is 154 Å². The smallest absolute Gasteiger partial charge is 0.217 e. The number of aliphatic hydroxyl groups excluding tert-OH is 19. The summed E-state index contributed by atoms with van der Waals surface area (Å²) in [6.07, 6.45) is -57.3. The van der Waals surface area contributed by atoms with Gasteiger partial charge in [0.15, 0.2) is 37.7 Å². The van der Waals surface area contributed by atoms with Crippen molar-refractivity contribution < 1.29 is 154 Å². The van der Waals surface area contributed by atoms with E-state index in [0.29, 0.717) is 0 Å². The quantitative estimate of drug-likeness (QED) is 0.0643. The van der Waals surface area contributed by atoms with Crippen molar-refractivity contribution in [3.05, 3.63) is 0 Å². The van der Waals surface area contributed by atoms with Crippen LogP contribution in [0, 0.1) is 0 Å². The Bertz CT molecular complexity index is 1630. The second-order valence-electron chi connectivity index (χ2n) is 17.5. The fraction of sp³-hybridized carbons (Fsp3) is 0.974. The minimum atomic E-state index is -2.24. The molecule has 6 heterocycles. The first-order valence-corrected chi connectivity index (χ1v) is 22.1. The van der Waals surface area contributed by atoms with E-state index >= 15 is 0 Å². The molecule has 408 valence electrons. The molecule has 0 bridgehead atoms. The molecule has 6 saturated heterocycles. The predicted octanol–water partition coefficient (Wildman–Crippen LogP) is -14.0. The highest BCUT2D eigenvalue weighted by Gasteiger charge is 2.58. The van der Waals surface area contributed by atoms with Gasteiger partial charge in [-0.2, -0.15) is 0 Å². The number of ether oxygens (including phenoxy) is 11. The molecule has 6 aliphatic heterocycles. The van der Waals surface area contributed by atoms with Gasteiger partial charge in [0.2, 0.25) is 5.91 Å². The first-order valence-electron chi connectivity index (χ1n) is 22.1. The molecule has 1 unspecified atom stereocenters. The van der Waals surface area contributed by atoms with Crippen LogP contribution in [0.25, 0.3) is 0 Å². The summed E-state index contributed by atoms with van der Waals surface area (Å²) < 4.78 is 62.2. The predicted molar refractivity (Wildman–Crippen MR) is 211 cm³/mol. The largest absolute Gasteiger partial charge is 0.394 e. The summed E-state index contributed by atoms with van der Waals surface area (Å²) in [5.74, 6) is -0.728. The Labute approximate surface area is 395 Å². The van der Waals surface area contributed by atoms with E-state index in [1.807, 2.05) is 0 Å². The number of amides is 1. The number of carbonyl (C=O) groups excluding carboxylic acids is 1. The lowest BCUT2D eigenvalue weighted by Crippen LogP contribution is -2.69. The average molecular weight is 1030 g/mol. The van der Waals surface area contributed by atoms with Gasteiger partial charge in [-0.1, -0.05) is 0 Å². The summed E-state index contributed by atoms with van der Waals surface area (Å²) >= 11 is 0. The van der Waals surface area contributed by atoms with Crippen molar-refractivity contribution in [2.45, 2.75) is 191 Å². The Morgan fingerprint density at radius 1 is 0.343 bits per heavy atom. The fourth-order valence-electron chi connectivity index (χ4n) is 8.87. The van der Waals surface area contributed by atoms with Gasteiger partial charge in [-0.3, -0.25) is 4.79 Å². The van der Waals surface area contributed by atoms with Gasteiger partial charge in [-0.05, 0) is 0 Å². The van der Waals surface area contributed by atoms with Crippen molar-refractivity contribution in [1.29, 1.82) is 0 Å². The molecule has 6 aliphatic rings. The van der Waals surface area contributed by atoms with Crippen LogP contribution in [0.3, 0.4) is 0 Å². The molecule has 6 fully saturated rings. The molecular weight excluding hydrogens is 966 g/mol. The molecule has 1 amide bonds. The van der Waals surface area contributed by atoms with Crippen LogP contribution in [0.1, 0.15) is 6.92 Å². The van der Waals surface area contributed by atoms with Gasteiger partial charge in [0.25, 0.3) is 0 Å². The highest BCUT2D eigenvalue weighted by molar-refractivity contribution is 5.73. The van der Waals surface area contributed by atoms with Crippen LogP contribution < -0.4 is 5.32 Å². The normalized spacial score (nSPS) is 51.5. The minimum absolute atomic E-state index is 0.728. The lowest BCUT2D eigenvalue weighted by Gasteiger charge is -2.50. The van der Waals surface area contributed by atoms with E-state index in [-0.39, 0.29) is 0 Å². The van der Waals surface area contributed by atoms with E-state index in [1.54, 1.807) is 0 Å². The fourth-order valence-corrected chi connectivity index (χ4v) is 8.87. The topological polar surface area (TPSA) is 515 Å². The zero-order valence-electron chi connectivity index (χ0n) is 37.0. The summed E-state index contributed by atoms with van der Waals surface area (Å²) in [5.41, 5.74) is 0. The summed E-state index contributed by atoms with van der Waals surface area (Å²) in [6, 6.07) is -1.56. The van der Waals surface area contributed by atoms with E-state index in [0.717, 1.165) is 6.92 Å². The van der Waals surface area contributed by atoms with Gasteiger partial charge in [0, 0.05) is 6.92 Å². The van der Waals surface area contributed by atoms with E-state index in [4.69, 9.17) is 52.1 Å². The minimum Gasteiger partial charge on any atom is -0.394 e. The van der Waals surface area contributed by atoms with Crippen molar-refractivity contribution in [2.75, 3.05) is 39.6 Å². The SMILES string of the molecule is CC(=O)N[C@H]1C(O)O[C@H](CO)[C@@H](O[C@@H]2O[C@H](CO)[C@@H](O)[C@H](O[C@H]3O[C@H](CO)[C@@H](O)[C@H](O)[C@@H]3O[C@H]3O[C@H](CO)[C@@H](O)[C@H](O)[C@@H]3O[C@H]3O[C@H](CO)[C@@H](O)[C@H](O[C@H]4O[C@H](CO)[C@@H](O)[C@H](O)[C@H]4O)[C@@H]3O)[C@@H]2O)[C@@H]1O. The highest BCUT2D eigenvalue weighted by atomic mass is 16.8. The second kappa shape index (κ2) is 24.7. The second-order valence-corrected chi connectivity index (χ2v) is 17.5. The molecule has 32 nitrogen and oxygen atoms in total. The molecular formula is C38H65NO31. The lowest BCUT2D eigenvalue weighted by atomic mass is 9.95. The number of rotatable bonds is 17. The molecule has 0 aliphatic carbocycles. The molecule has 6 rings (SSSR count). The maximum absolute atomic E-state index is 11.8. The average Bonchev–Trinajstić information content (AvgIpc) is 3.33. The number of aliphatic hydroxyl groups is 19. The van der Waals surface area contributed by atoms with Crippen LogP contribution in [0.5, 0.6) is 0 Å². The molecule has 0 saturated carbocycles. The van der Waals surface area contributed by atoms with E-state index in [1.165, 1.54) is 0 Å². The van der Waals surface area contributed by atoms with E-state index in [2.05, 4.69) is 5.32 Å². The van der Waals surface area contributed by atoms with Crippen molar-refractivity contribution in [2.24, 2.45) is 0 Å². The highest BCUT2D eigenvalue weighted by Crippen LogP contribution is 2.37. The lowest BCUT2D eigenvalue weighted by molar-refractivity contribution is -0.409. The van der Waals surface area contributed by atoms with Crippen molar-refractivity contribution in [3.8, 4) is 0 Å². The maximum atomic E-state index is 11.8. The molecule has 0 aromatic rings. The van der Waals surface area contributed by atoms with Gasteiger partial charge in [0.1, 0.15) is 146 Å². The van der Waals surface area contributed by atoms with Crippen LogP contribution in [0.15, 0.2) is 0 Å². The molecule has 0 aromatic heterocycles. The first-order chi connectivity index (χ1) is 33.2. The Hall–Kier alpha value is -1.73. The van der Waals surface area contributed by atoms with Crippen molar-refractivity contribution in [1.82, 2.24) is 5.32 Å². The van der Waals surface area contributed by atoms with Crippen LogP contribution >= 0.6 is 0 Å². The maximum Gasteiger partial charge on any atom is 0.217 e. The van der Waals surface area contributed by atoms with Crippen LogP contribution in [-0.2, 0) is 56.9 Å². The summed E-state index contributed by atoms with van der Waals surface area (Å²) in [5, 5.41) is 205. The Morgan fingerprint density at radius 3 is 1.06 bits per heavy atom. The molecule has 70 heavy (non-hydrogen) atoms. The number of nitrogens with one attached hydrogen (secondary N) is 1. The van der Waals surface area contributed by atoms with E-state index in [9.17, 15) is 102 Å². The third-order valence-corrected chi connectivity index (χ3v) is 12.8. The van der Waals surface area contributed by atoms with Crippen molar-refractivity contribution in [3.63, 3.8) is 0 Å². The Balaban J connectivity index is 1.27. The molecule has 30 atom stereocenters. The Kier molecular flexibility index (Phi) is 20.3. The van der Waals surface area contributed by atoms with Gasteiger partial charge in [-0.15, -0.1) is 0 Å². The molecule has 0 radical (unpaired) electrons. The number of hydrogen-bond donors (Lipinski definition) is 20. The summed E-state index contributed by atoms with van der Waals surface area (Å²) in [7, 11) is 0. The molecule has 0 spiro atoms. The van der Waals surface area contributed by atoms with Crippen LogP contribution in [0.2, 0.25) is 0 Å². The monoisotopic (exact) mass is 1030 g/mol. The van der Waals surface area contributed by atoms with Gasteiger partial charge in [0.05, 0.1) is 39.6 Å². The molecule has 0 aromatic carbocycles. The molecule has 32 heteroatoms. The van der Waals surface area contributed by atoms with Crippen LogP contribution in [-0.4, -0.2) is 327 Å². The zero-order valence-corrected chi connectivity index (χ0v) is 37.0. The summed E-state index contributed by atoms with van der Waals surface area (Å²) in [4.78, 5) is 11.8. The first kappa shape index (κ1) is 57.5. The zero-order chi connectivity index (χ0) is 51.6. The third kappa shape index (κ3) is 11.9. The number of carbonyl (C=O) groups is 1.